The molecule has 0 aromatic carbocycles. The third kappa shape index (κ3) is 3.84. The monoisotopic (exact) mass is 352 g/mol. The predicted molar refractivity (Wildman–Crippen MR) is 89.2 cm³/mol. The number of aliphatic hydroxyl groups excluding tert-OH is 1. The van der Waals surface area contributed by atoms with Gasteiger partial charge in [0.1, 0.15) is 18.5 Å². The summed E-state index contributed by atoms with van der Waals surface area (Å²) in [5.41, 5.74) is 1.09. The number of nitrogens with zero attached hydrogens (tertiary/aromatic N) is 2. The number of hydrogen-bond donors (Lipinski definition) is 1. The van der Waals surface area contributed by atoms with Gasteiger partial charge in [0.25, 0.3) is 0 Å². The third-order valence-electron chi connectivity index (χ3n) is 4.20. The highest BCUT2D eigenvalue weighted by Crippen LogP contribution is 2.28. The van der Waals surface area contributed by atoms with Crippen molar-refractivity contribution in [1.29, 1.82) is 0 Å². The summed E-state index contributed by atoms with van der Waals surface area (Å²) in [6, 6.07) is 0. The second-order valence-electron chi connectivity index (χ2n) is 5.98. The predicted octanol–water partition coefficient (Wildman–Crippen LogP) is 2.14. The molecule has 0 bridgehead atoms. The first kappa shape index (κ1) is 17.1. The largest absolute Gasteiger partial charge is 0.491 e. The summed E-state index contributed by atoms with van der Waals surface area (Å²) in [4.78, 5) is 19.9. The van der Waals surface area contributed by atoms with Crippen molar-refractivity contribution in [2.24, 2.45) is 5.92 Å². The number of amides is 1. The van der Waals surface area contributed by atoms with E-state index in [1.165, 1.54) is 6.08 Å². The van der Waals surface area contributed by atoms with Crippen LogP contribution in [-0.2, 0) is 22.5 Å². The average Bonchev–Trinajstić information content (AvgIpc) is 2.94. The van der Waals surface area contributed by atoms with Crippen LogP contribution in [0.2, 0.25) is 0 Å². The summed E-state index contributed by atoms with van der Waals surface area (Å²) >= 11 is 1.63. The van der Waals surface area contributed by atoms with Gasteiger partial charge in [0.15, 0.2) is 0 Å². The van der Waals surface area contributed by atoms with Gasteiger partial charge in [0.2, 0.25) is 5.91 Å². The Balaban J connectivity index is 1.56. The molecule has 0 saturated carbocycles. The van der Waals surface area contributed by atoms with Gasteiger partial charge in [0.05, 0.1) is 23.9 Å². The molecule has 0 spiro atoms. The minimum atomic E-state index is -1.25. The summed E-state index contributed by atoms with van der Waals surface area (Å²) in [5.74, 6) is -0.0938. The van der Waals surface area contributed by atoms with Crippen LogP contribution < -0.4 is 0 Å². The standard InChI is InChI=1S/C17H21FN2O3S/c1-11-19-15-4-5-20(10-16(15)24-11)17(22)8-12-2-3-13(9-14(12)18)23-7-6-21/h2-3,9,12,14,21H,4-8,10H2,1H3. The summed E-state index contributed by atoms with van der Waals surface area (Å²) in [7, 11) is 0. The van der Waals surface area contributed by atoms with Crippen LogP contribution >= 0.6 is 11.3 Å². The second-order valence-corrected chi connectivity index (χ2v) is 7.27. The molecule has 5 nitrogen and oxygen atoms in total. The Bertz CT molecular complexity index is 671. The molecule has 2 unspecified atom stereocenters. The molecular formula is C17H21FN2O3S. The minimum absolute atomic E-state index is 0.0304. The number of aryl methyl sites for hydroxylation is 1. The summed E-state index contributed by atoms with van der Waals surface area (Å²) in [6.45, 7) is 3.21. The Labute approximate surface area is 144 Å². The van der Waals surface area contributed by atoms with Crippen molar-refractivity contribution in [3.8, 4) is 0 Å². The van der Waals surface area contributed by atoms with Crippen molar-refractivity contribution in [3.05, 3.63) is 39.6 Å². The molecule has 1 amide bonds. The van der Waals surface area contributed by atoms with E-state index in [0.29, 0.717) is 18.8 Å². The molecule has 1 aliphatic heterocycles. The molecule has 0 saturated heterocycles. The lowest BCUT2D eigenvalue weighted by Crippen LogP contribution is -2.37. The first-order chi connectivity index (χ1) is 11.6. The Hall–Kier alpha value is -1.73. The molecule has 2 aliphatic rings. The number of hydrogen-bond acceptors (Lipinski definition) is 5. The van der Waals surface area contributed by atoms with Crippen LogP contribution in [0, 0.1) is 12.8 Å². The van der Waals surface area contributed by atoms with Crippen molar-refractivity contribution in [3.63, 3.8) is 0 Å². The third-order valence-corrected chi connectivity index (χ3v) is 5.20. The molecule has 24 heavy (non-hydrogen) atoms. The van der Waals surface area contributed by atoms with E-state index in [0.717, 1.165) is 22.0 Å². The van der Waals surface area contributed by atoms with E-state index in [4.69, 9.17) is 9.84 Å². The lowest BCUT2D eigenvalue weighted by Gasteiger charge is -2.28. The number of halogens is 1. The number of thiazole rings is 1. The van der Waals surface area contributed by atoms with Crippen molar-refractivity contribution in [1.82, 2.24) is 9.88 Å². The number of allylic oxidation sites excluding steroid dienone is 3. The molecule has 7 heteroatoms. The van der Waals surface area contributed by atoms with E-state index in [-0.39, 0.29) is 25.5 Å². The van der Waals surface area contributed by atoms with Crippen LogP contribution in [-0.4, -0.2) is 46.8 Å². The molecule has 2 heterocycles. The van der Waals surface area contributed by atoms with Crippen LogP contribution in [0.25, 0.3) is 0 Å². The highest BCUT2D eigenvalue weighted by Gasteiger charge is 2.28. The van der Waals surface area contributed by atoms with Crippen molar-refractivity contribution >= 4 is 17.2 Å². The normalized spacial score (nSPS) is 23.0. The highest BCUT2D eigenvalue weighted by molar-refractivity contribution is 7.11. The number of fused-ring (bicyclic) bond motifs is 1. The molecule has 0 fully saturated rings. The number of carbonyl (C=O) groups excluding carboxylic acids is 1. The maximum Gasteiger partial charge on any atom is 0.223 e. The zero-order chi connectivity index (χ0) is 17.1. The number of alkyl halides is 1. The lowest BCUT2D eigenvalue weighted by molar-refractivity contribution is -0.133. The first-order valence-corrected chi connectivity index (χ1v) is 8.89. The molecule has 1 N–H and O–H groups in total. The Morgan fingerprint density at radius 1 is 1.58 bits per heavy atom. The number of ether oxygens (including phenoxy) is 1. The van der Waals surface area contributed by atoms with Gasteiger partial charge in [-0.2, -0.15) is 0 Å². The lowest BCUT2D eigenvalue weighted by atomic mass is 9.94. The fraction of sp³-hybridized carbons (Fsp3) is 0.529. The molecule has 3 rings (SSSR count). The van der Waals surface area contributed by atoms with E-state index in [1.807, 2.05) is 6.92 Å². The maximum atomic E-state index is 14.2. The van der Waals surface area contributed by atoms with Gasteiger partial charge in [-0.3, -0.25) is 4.79 Å². The molecule has 1 aromatic heterocycles. The zero-order valence-corrected chi connectivity index (χ0v) is 14.4. The quantitative estimate of drug-likeness (QED) is 0.882. The molecule has 130 valence electrons. The van der Waals surface area contributed by atoms with Gasteiger partial charge in [-0.05, 0) is 19.1 Å². The van der Waals surface area contributed by atoms with Gasteiger partial charge >= 0.3 is 0 Å². The van der Waals surface area contributed by atoms with Gasteiger partial charge in [0, 0.05) is 30.2 Å². The molecule has 0 radical (unpaired) electrons. The number of rotatable bonds is 5. The topological polar surface area (TPSA) is 62.7 Å². The van der Waals surface area contributed by atoms with Crippen molar-refractivity contribution < 1.29 is 19.0 Å². The minimum Gasteiger partial charge on any atom is -0.491 e. The first-order valence-electron chi connectivity index (χ1n) is 8.07. The van der Waals surface area contributed by atoms with Gasteiger partial charge in [-0.25, -0.2) is 9.37 Å². The van der Waals surface area contributed by atoms with Crippen molar-refractivity contribution in [2.45, 2.75) is 32.5 Å². The van der Waals surface area contributed by atoms with E-state index < -0.39 is 12.1 Å². The summed E-state index contributed by atoms with van der Waals surface area (Å²) in [6.07, 6.45) is 4.39. The number of aliphatic hydroxyl groups is 1. The molecule has 1 aliphatic carbocycles. The van der Waals surface area contributed by atoms with Gasteiger partial charge in [-0.1, -0.05) is 6.08 Å². The number of aromatic nitrogens is 1. The summed E-state index contributed by atoms with van der Waals surface area (Å²) in [5, 5.41) is 9.75. The second kappa shape index (κ2) is 7.44. The van der Waals surface area contributed by atoms with E-state index in [1.54, 1.807) is 28.4 Å². The molecule has 2 atom stereocenters. The zero-order valence-electron chi connectivity index (χ0n) is 13.6. The highest BCUT2D eigenvalue weighted by atomic mass is 32.1. The maximum absolute atomic E-state index is 14.2. The van der Waals surface area contributed by atoms with Crippen LogP contribution in [0.1, 0.15) is 22.0 Å². The molecule has 1 aromatic rings. The van der Waals surface area contributed by atoms with E-state index in [2.05, 4.69) is 4.98 Å². The van der Waals surface area contributed by atoms with Crippen LogP contribution in [0.5, 0.6) is 0 Å². The van der Waals surface area contributed by atoms with Crippen LogP contribution in [0.3, 0.4) is 0 Å². The Morgan fingerprint density at radius 2 is 2.42 bits per heavy atom. The number of carbonyl (C=O) groups is 1. The fourth-order valence-corrected chi connectivity index (χ4v) is 3.97. The summed E-state index contributed by atoms with van der Waals surface area (Å²) < 4.78 is 19.4. The average molecular weight is 352 g/mol. The van der Waals surface area contributed by atoms with Gasteiger partial charge < -0.3 is 14.7 Å². The molecular weight excluding hydrogens is 331 g/mol. The Kier molecular flexibility index (Phi) is 5.30. The Morgan fingerprint density at radius 3 is 3.17 bits per heavy atom. The SMILES string of the molecule is Cc1nc2c(s1)CN(C(=O)CC1C=CC(OCCO)=CC1F)CC2. The fourth-order valence-electron chi connectivity index (χ4n) is 2.97. The smallest absolute Gasteiger partial charge is 0.223 e. The van der Waals surface area contributed by atoms with Crippen molar-refractivity contribution in [2.75, 3.05) is 19.8 Å². The van der Waals surface area contributed by atoms with E-state index >= 15 is 0 Å². The van der Waals surface area contributed by atoms with Gasteiger partial charge in [-0.15, -0.1) is 11.3 Å². The van der Waals surface area contributed by atoms with Crippen LogP contribution in [0.15, 0.2) is 24.0 Å². The van der Waals surface area contributed by atoms with E-state index in [9.17, 15) is 9.18 Å². The van der Waals surface area contributed by atoms with Crippen LogP contribution in [0.4, 0.5) is 4.39 Å².